The number of benzene rings is 1. The molecule has 0 bridgehead atoms. The van der Waals surface area contributed by atoms with Crippen molar-refractivity contribution >= 4 is 33.0 Å². The van der Waals surface area contributed by atoms with Crippen molar-refractivity contribution in [2.45, 2.75) is 19.4 Å². The third-order valence-corrected chi connectivity index (χ3v) is 4.78. The molecule has 0 aliphatic rings. The zero-order valence-electron chi connectivity index (χ0n) is 11.2. The van der Waals surface area contributed by atoms with E-state index in [1.165, 1.54) is 15.6 Å². The lowest BCUT2D eigenvalue weighted by molar-refractivity contribution is 0.527. The van der Waals surface area contributed by atoms with Gasteiger partial charge in [0.15, 0.2) is 5.22 Å². The van der Waals surface area contributed by atoms with Crippen molar-refractivity contribution in [1.82, 2.24) is 5.32 Å². The van der Waals surface area contributed by atoms with Gasteiger partial charge in [-0.2, -0.15) is 0 Å². The Balaban J connectivity index is 1.92. The molecule has 0 amide bonds. The summed E-state index contributed by atoms with van der Waals surface area (Å²) in [5, 5.41) is 7.54. The highest BCUT2D eigenvalue weighted by Gasteiger charge is 2.18. The second kappa shape index (κ2) is 6.00. The number of hydrogen-bond donors (Lipinski definition) is 1. The Labute approximate surface area is 127 Å². The highest BCUT2D eigenvalue weighted by Crippen LogP contribution is 2.32. The van der Waals surface area contributed by atoms with Crippen LogP contribution in [-0.2, 0) is 6.42 Å². The molecule has 1 N–H and O–H groups in total. The molecule has 0 saturated carbocycles. The second-order valence-electron chi connectivity index (χ2n) is 4.72. The van der Waals surface area contributed by atoms with Gasteiger partial charge in [0.1, 0.15) is 0 Å². The van der Waals surface area contributed by atoms with E-state index >= 15 is 0 Å². The topological polar surface area (TPSA) is 25.2 Å². The molecule has 3 rings (SSSR count). The van der Waals surface area contributed by atoms with Gasteiger partial charge in [0, 0.05) is 16.3 Å². The maximum atomic E-state index is 6.12. The van der Waals surface area contributed by atoms with Gasteiger partial charge < -0.3 is 9.73 Å². The van der Waals surface area contributed by atoms with Crippen molar-refractivity contribution in [3.8, 4) is 0 Å². The van der Waals surface area contributed by atoms with Crippen LogP contribution in [0.15, 0.2) is 46.4 Å². The Kier molecular flexibility index (Phi) is 4.10. The van der Waals surface area contributed by atoms with Crippen LogP contribution in [-0.4, -0.2) is 6.54 Å². The molecule has 0 aliphatic carbocycles. The summed E-state index contributed by atoms with van der Waals surface area (Å²) in [5.74, 6) is 0. The molecule has 2 aromatic heterocycles. The van der Waals surface area contributed by atoms with E-state index in [9.17, 15) is 0 Å². The summed E-state index contributed by atoms with van der Waals surface area (Å²) in [7, 11) is 0. The van der Waals surface area contributed by atoms with Gasteiger partial charge in [-0.15, -0.1) is 11.3 Å². The molecule has 104 valence electrons. The Bertz CT molecular complexity index is 703. The predicted molar refractivity (Wildman–Crippen MR) is 85.7 cm³/mol. The lowest BCUT2D eigenvalue weighted by Crippen LogP contribution is -2.22. The zero-order chi connectivity index (χ0) is 13.9. The standard InChI is InChI=1S/C16H16ClNOS/c1-2-18-14(13-7-8-19-16(13)17)9-11-10-20-15-6-4-3-5-12(11)15/h3-8,10,14,18H,2,9H2,1H3. The highest BCUT2D eigenvalue weighted by atomic mass is 35.5. The van der Waals surface area contributed by atoms with Crippen molar-refractivity contribution in [3.05, 3.63) is 58.3 Å². The SMILES string of the molecule is CCNC(Cc1csc2ccccc12)c1ccoc1Cl. The van der Waals surface area contributed by atoms with Crippen molar-refractivity contribution in [1.29, 1.82) is 0 Å². The molecule has 4 heteroatoms. The third kappa shape index (κ3) is 2.62. The van der Waals surface area contributed by atoms with Gasteiger partial charge >= 0.3 is 0 Å². The van der Waals surface area contributed by atoms with Crippen LogP contribution in [0.5, 0.6) is 0 Å². The number of thiophene rings is 1. The van der Waals surface area contributed by atoms with E-state index in [-0.39, 0.29) is 6.04 Å². The van der Waals surface area contributed by atoms with Gasteiger partial charge in [0.05, 0.1) is 6.26 Å². The van der Waals surface area contributed by atoms with E-state index in [0.29, 0.717) is 5.22 Å². The second-order valence-corrected chi connectivity index (χ2v) is 5.98. The maximum absolute atomic E-state index is 6.12. The molecule has 0 aliphatic heterocycles. The summed E-state index contributed by atoms with van der Waals surface area (Å²) in [6.07, 6.45) is 2.56. The molecular formula is C16H16ClNOS. The first-order valence-corrected chi connectivity index (χ1v) is 7.96. The maximum Gasteiger partial charge on any atom is 0.197 e. The van der Waals surface area contributed by atoms with Crippen molar-refractivity contribution in [2.75, 3.05) is 6.54 Å². The van der Waals surface area contributed by atoms with E-state index in [0.717, 1.165) is 18.5 Å². The molecule has 0 spiro atoms. The van der Waals surface area contributed by atoms with Gasteiger partial charge in [-0.25, -0.2) is 0 Å². The summed E-state index contributed by atoms with van der Waals surface area (Å²) < 4.78 is 6.56. The average Bonchev–Trinajstić information content (AvgIpc) is 3.05. The van der Waals surface area contributed by atoms with Crippen LogP contribution in [0, 0.1) is 0 Å². The fourth-order valence-corrected chi connectivity index (χ4v) is 3.72. The molecule has 1 aromatic carbocycles. The fraction of sp³-hybridized carbons (Fsp3) is 0.250. The number of nitrogens with one attached hydrogen (secondary N) is 1. The lowest BCUT2D eigenvalue weighted by atomic mass is 10.0. The van der Waals surface area contributed by atoms with Gasteiger partial charge in [-0.1, -0.05) is 25.1 Å². The fourth-order valence-electron chi connectivity index (χ4n) is 2.50. The molecule has 2 heterocycles. The van der Waals surface area contributed by atoms with Crippen LogP contribution >= 0.6 is 22.9 Å². The van der Waals surface area contributed by atoms with E-state index in [4.69, 9.17) is 16.0 Å². The Hall–Kier alpha value is -1.29. The number of fused-ring (bicyclic) bond motifs is 1. The van der Waals surface area contributed by atoms with Crippen LogP contribution in [0.2, 0.25) is 5.22 Å². The normalized spacial score (nSPS) is 12.9. The monoisotopic (exact) mass is 305 g/mol. The minimum absolute atomic E-state index is 0.184. The molecular weight excluding hydrogens is 290 g/mol. The number of hydrogen-bond acceptors (Lipinski definition) is 3. The minimum Gasteiger partial charge on any atom is -0.453 e. The molecule has 1 atom stereocenters. The van der Waals surface area contributed by atoms with Crippen molar-refractivity contribution in [3.63, 3.8) is 0 Å². The van der Waals surface area contributed by atoms with E-state index in [1.807, 2.05) is 6.07 Å². The van der Waals surface area contributed by atoms with Crippen molar-refractivity contribution in [2.24, 2.45) is 0 Å². The zero-order valence-corrected chi connectivity index (χ0v) is 12.8. The van der Waals surface area contributed by atoms with Crippen LogP contribution in [0.1, 0.15) is 24.1 Å². The van der Waals surface area contributed by atoms with Crippen LogP contribution < -0.4 is 5.32 Å². The van der Waals surface area contributed by atoms with Gasteiger partial charge in [-0.05, 0) is 53.0 Å². The number of halogens is 1. The largest absolute Gasteiger partial charge is 0.453 e. The van der Waals surface area contributed by atoms with Crippen LogP contribution in [0.25, 0.3) is 10.1 Å². The van der Waals surface area contributed by atoms with Crippen molar-refractivity contribution < 1.29 is 4.42 Å². The average molecular weight is 306 g/mol. The summed E-state index contributed by atoms with van der Waals surface area (Å²) in [6, 6.07) is 10.6. The quantitative estimate of drug-likeness (QED) is 0.714. The summed E-state index contributed by atoms with van der Waals surface area (Å²) >= 11 is 7.92. The first kappa shape index (κ1) is 13.7. The predicted octanol–water partition coefficient (Wildman–Crippen LogP) is 5.04. The smallest absolute Gasteiger partial charge is 0.197 e. The molecule has 20 heavy (non-hydrogen) atoms. The Morgan fingerprint density at radius 2 is 2.15 bits per heavy atom. The van der Waals surface area contributed by atoms with Crippen LogP contribution in [0.4, 0.5) is 0 Å². The summed E-state index contributed by atoms with van der Waals surface area (Å²) in [5.41, 5.74) is 2.39. The molecule has 3 aromatic rings. The molecule has 2 nitrogen and oxygen atoms in total. The molecule has 0 radical (unpaired) electrons. The third-order valence-electron chi connectivity index (χ3n) is 3.46. The minimum atomic E-state index is 0.184. The Morgan fingerprint density at radius 3 is 2.90 bits per heavy atom. The highest BCUT2D eigenvalue weighted by molar-refractivity contribution is 7.17. The Morgan fingerprint density at radius 1 is 1.30 bits per heavy atom. The summed E-state index contributed by atoms with van der Waals surface area (Å²) in [4.78, 5) is 0. The molecule has 0 saturated heterocycles. The molecule has 1 unspecified atom stereocenters. The van der Waals surface area contributed by atoms with Gasteiger partial charge in [-0.3, -0.25) is 0 Å². The van der Waals surface area contributed by atoms with E-state index in [2.05, 4.69) is 41.9 Å². The first-order valence-electron chi connectivity index (χ1n) is 6.71. The summed E-state index contributed by atoms with van der Waals surface area (Å²) in [6.45, 7) is 3.00. The number of likely N-dealkylation sites (N-methyl/N-ethyl adjacent to an activating group) is 1. The van der Waals surface area contributed by atoms with E-state index in [1.54, 1.807) is 17.6 Å². The van der Waals surface area contributed by atoms with Crippen LogP contribution in [0.3, 0.4) is 0 Å². The first-order chi connectivity index (χ1) is 9.79. The number of furan rings is 1. The molecule has 0 fully saturated rings. The number of rotatable bonds is 5. The van der Waals surface area contributed by atoms with E-state index < -0.39 is 0 Å². The van der Waals surface area contributed by atoms with Gasteiger partial charge in [0.25, 0.3) is 0 Å². The van der Waals surface area contributed by atoms with Gasteiger partial charge in [0.2, 0.25) is 0 Å². The lowest BCUT2D eigenvalue weighted by Gasteiger charge is -2.16.